The summed E-state index contributed by atoms with van der Waals surface area (Å²) in [7, 11) is 0. The first-order chi connectivity index (χ1) is 10.7. The Kier molecular flexibility index (Phi) is 4.16. The Morgan fingerprint density at radius 1 is 1.05 bits per heavy atom. The average molecular weight is 315 g/mol. The van der Waals surface area contributed by atoms with Gasteiger partial charge in [0.1, 0.15) is 5.75 Å². The van der Waals surface area contributed by atoms with Gasteiger partial charge in [0, 0.05) is 15.8 Å². The van der Waals surface area contributed by atoms with Gasteiger partial charge in [0.15, 0.2) is 0 Å². The lowest BCUT2D eigenvalue weighted by atomic mass is 10.0. The van der Waals surface area contributed by atoms with E-state index in [-0.39, 0.29) is 0 Å². The van der Waals surface area contributed by atoms with Gasteiger partial charge < -0.3 is 9.47 Å². The van der Waals surface area contributed by atoms with E-state index in [0.717, 1.165) is 28.0 Å². The minimum absolute atomic E-state index is 0.336. The standard InChI is InChI=1S/C18H15ClO3/c1-2-9-21-18(20)22-17-15-6-4-3-5-12(15)10-13-7-8-14(19)11-16(13)17/h3-8,10-11H,2,9H2,1H3. The van der Waals surface area contributed by atoms with Crippen LogP contribution in [0.15, 0.2) is 48.5 Å². The molecule has 0 heterocycles. The van der Waals surface area contributed by atoms with Crippen LogP contribution in [0.3, 0.4) is 0 Å². The van der Waals surface area contributed by atoms with Crippen molar-refractivity contribution in [1.82, 2.24) is 0 Å². The molecule has 0 aliphatic carbocycles. The van der Waals surface area contributed by atoms with Gasteiger partial charge in [-0.3, -0.25) is 0 Å². The normalized spacial score (nSPS) is 10.8. The number of hydrogen-bond donors (Lipinski definition) is 0. The highest BCUT2D eigenvalue weighted by atomic mass is 35.5. The monoisotopic (exact) mass is 314 g/mol. The van der Waals surface area contributed by atoms with Gasteiger partial charge in [0.25, 0.3) is 0 Å². The minimum atomic E-state index is -0.695. The molecule has 4 heteroatoms. The third kappa shape index (κ3) is 2.85. The molecule has 0 aromatic heterocycles. The number of benzene rings is 3. The topological polar surface area (TPSA) is 35.5 Å². The van der Waals surface area contributed by atoms with Crippen molar-refractivity contribution in [2.45, 2.75) is 13.3 Å². The summed E-state index contributed by atoms with van der Waals surface area (Å²) < 4.78 is 10.5. The first kappa shape index (κ1) is 14.7. The van der Waals surface area contributed by atoms with Crippen molar-refractivity contribution in [3.8, 4) is 5.75 Å². The number of rotatable bonds is 3. The zero-order chi connectivity index (χ0) is 15.5. The third-order valence-corrected chi connectivity index (χ3v) is 3.62. The Bertz CT molecular complexity index is 842. The Labute approximate surface area is 133 Å². The van der Waals surface area contributed by atoms with E-state index in [0.29, 0.717) is 17.4 Å². The molecule has 0 amide bonds. The second kappa shape index (κ2) is 6.24. The SMILES string of the molecule is CCCOC(=O)Oc1c2ccccc2cc2ccc(Cl)cc12. The van der Waals surface area contributed by atoms with Crippen LogP contribution in [0, 0.1) is 0 Å². The molecule has 0 N–H and O–H groups in total. The second-order valence-electron chi connectivity index (χ2n) is 4.99. The molecule has 0 unspecified atom stereocenters. The summed E-state index contributed by atoms with van der Waals surface area (Å²) in [6, 6.07) is 15.3. The van der Waals surface area contributed by atoms with Gasteiger partial charge in [0.05, 0.1) is 6.61 Å². The molecule has 3 rings (SSSR count). The molecule has 0 radical (unpaired) electrons. The fourth-order valence-electron chi connectivity index (χ4n) is 2.40. The van der Waals surface area contributed by atoms with Crippen molar-refractivity contribution in [2.75, 3.05) is 6.61 Å². The molecule has 0 fully saturated rings. The summed E-state index contributed by atoms with van der Waals surface area (Å²) >= 11 is 6.09. The van der Waals surface area contributed by atoms with Crippen molar-refractivity contribution in [3.63, 3.8) is 0 Å². The molecule has 0 spiro atoms. The first-order valence-corrected chi connectivity index (χ1v) is 7.52. The number of ether oxygens (including phenoxy) is 2. The fourth-order valence-corrected chi connectivity index (χ4v) is 2.57. The number of halogens is 1. The molecule has 0 atom stereocenters. The van der Waals surface area contributed by atoms with Crippen molar-refractivity contribution in [2.24, 2.45) is 0 Å². The molecule has 3 nitrogen and oxygen atoms in total. The number of fused-ring (bicyclic) bond motifs is 2. The lowest BCUT2D eigenvalue weighted by Crippen LogP contribution is -2.11. The molecule has 3 aromatic carbocycles. The van der Waals surface area contributed by atoms with Crippen LogP contribution in [0.5, 0.6) is 5.75 Å². The third-order valence-electron chi connectivity index (χ3n) is 3.39. The first-order valence-electron chi connectivity index (χ1n) is 7.14. The van der Waals surface area contributed by atoms with Gasteiger partial charge in [0.2, 0.25) is 0 Å². The van der Waals surface area contributed by atoms with Crippen LogP contribution in [-0.2, 0) is 4.74 Å². The van der Waals surface area contributed by atoms with Crippen molar-refractivity contribution in [3.05, 3.63) is 53.6 Å². The Morgan fingerprint density at radius 2 is 1.82 bits per heavy atom. The van der Waals surface area contributed by atoms with Crippen molar-refractivity contribution >= 4 is 39.3 Å². The molecule has 3 aromatic rings. The van der Waals surface area contributed by atoms with E-state index in [4.69, 9.17) is 21.1 Å². The van der Waals surface area contributed by atoms with Crippen LogP contribution in [0.2, 0.25) is 5.02 Å². The average Bonchev–Trinajstić information content (AvgIpc) is 2.53. The van der Waals surface area contributed by atoms with Gasteiger partial charge in [-0.15, -0.1) is 0 Å². The summed E-state index contributed by atoms with van der Waals surface area (Å²) in [5, 5.41) is 4.19. The maximum Gasteiger partial charge on any atom is 0.513 e. The summed E-state index contributed by atoms with van der Waals surface area (Å²) in [5.41, 5.74) is 0. The smallest absolute Gasteiger partial charge is 0.434 e. The molecular formula is C18H15ClO3. The predicted molar refractivity (Wildman–Crippen MR) is 88.7 cm³/mol. The molecule has 0 aliphatic heterocycles. The van der Waals surface area contributed by atoms with E-state index in [2.05, 4.69) is 0 Å². The quantitative estimate of drug-likeness (QED) is 0.360. The van der Waals surface area contributed by atoms with Crippen LogP contribution in [-0.4, -0.2) is 12.8 Å². The fraction of sp³-hybridized carbons (Fsp3) is 0.167. The number of carbonyl (C=O) groups excluding carboxylic acids is 1. The van der Waals surface area contributed by atoms with E-state index >= 15 is 0 Å². The summed E-state index contributed by atoms with van der Waals surface area (Å²) in [5.74, 6) is 0.483. The second-order valence-corrected chi connectivity index (χ2v) is 5.43. The number of hydrogen-bond acceptors (Lipinski definition) is 3. The van der Waals surface area contributed by atoms with Crippen LogP contribution in [0.25, 0.3) is 21.5 Å². The summed E-state index contributed by atoms with van der Waals surface area (Å²) in [6.45, 7) is 2.27. The van der Waals surface area contributed by atoms with Gasteiger partial charge in [-0.05, 0) is 35.4 Å². The molecule has 0 saturated heterocycles. The van der Waals surface area contributed by atoms with E-state index in [1.54, 1.807) is 6.07 Å². The van der Waals surface area contributed by atoms with E-state index in [9.17, 15) is 4.79 Å². The van der Waals surface area contributed by atoms with Crippen LogP contribution >= 0.6 is 11.6 Å². The van der Waals surface area contributed by atoms with Crippen LogP contribution in [0.1, 0.15) is 13.3 Å². The Hall–Kier alpha value is -2.26. The van der Waals surface area contributed by atoms with Crippen molar-refractivity contribution in [1.29, 1.82) is 0 Å². The maximum atomic E-state index is 11.9. The highest BCUT2D eigenvalue weighted by molar-refractivity contribution is 6.31. The van der Waals surface area contributed by atoms with Gasteiger partial charge >= 0.3 is 6.16 Å². The highest BCUT2D eigenvalue weighted by Crippen LogP contribution is 2.36. The highest BCUT2D eigenvalue weighted by Gasteiger charge is 2.14. The molecule has 0 saturated carbocycles. The largest absolute Gasteiger partial charge is 0.513 e. The molecule has 0 bridgehead atoms. The van der Waals surface area contributed by atoms with E-state index in [1.165, 1.54) is 0 Å². The molecule has 0 aliphatic rings. The van der Waals surface area contributed by atoms with Gasteiger partial charge in [-0.2, -0.15) is 0 Å². The Balaban J connectivity index is 2.17. The maximum absolute atomic E-state index is 11.9. The van der Waals surface area contributed by atoms with Gasteiger partial charge in [-0.25, -0.2) is 4.79 Å². The minimum Gasteiger partial charge on any atom is -0.434 e. The zero-order valence-corrected chi connectivity index (χ0v) is 12.9. The summed E-state index contributed by atoms with van der Waals surface area (Å²) in [4.78, 5) is 11.9. The molecular weight excluding hydrogens is 300 g/mol. The zero-order valence-electron chi connectivity index (χ0n) is 12.1. The lowest BCUT2D eigenvalue weighted by molar-refractivity contribution is 0.100. The lowest BCUT2D eigenvalue weighted by Gasteiger charge is -2.12. The Morgan fingerprint density at radius 3 is 2.64 bits per heavy atom. The van der Waals surface area contributed by atoms with Crippen LogP contribution < -0.4 is 4.74 Å². The predicted octanol–water partition coefficient (Wildman–Crippen LogP) is 5.57. The van der Waals surface area contributed by atoms with Crippen molar-refractivity contribution < 1.29 is 14.3 Å². The van der Waals surface area contributed by atoms with E-state index in [1.807, 2.05) is 49.4 Å². The molecule has 112 valence electrons. The number of carbonyl (C=O) groups is 1. The van der Waals surface area contributed by atoms with E-state index < -0.39 is 6.16 Å². The van der Waals surface area contributed by atoms with Gasteiger partial charge in [-0.1, -0.05) is 48.9 Å². The molecule has 22 heavy (non-hydrogen) atoms. The summed E-state index contributed by atoms with van der Waals surface area (Å²) in [6.07, 6.45) is 0.0523. The van der Waals surface area contributed by atoms with Crippen LogP contribution in [0.4, 0.5) is 4.79 Å².